The Bertz CT molecular complexity index is 697. The summed E-state index contributed by atoms with van der Waals surface area (Å²) < 4.78 is 10.6. The molecule has 1 spiro atoms. The van der Waals surface area contributed by atoms with Crippen LogP contribution in [0.1, 0.15) is 24.0 Å². The average Bonchev–Trinajstić information content (AvgIpc) is 2.47. The highest BCUT2D eigenvalue weighted by molar-refractivity contribution is 5.86. The van der Waals surface area contributed by atoms with Gasteiger partial charge in [0, 0.05) is 16.5 Å². The normalized spacial score (nSPS) is 18.5. The fraction of sp³-hybridized carbons (Fsp3) is 0.176. The van der Waals surface area contributed by atoms with E-state index in [9.17, 15) is 9.59 Å². The molecule has 0 N–H and O–H groups in total. The molecular formula is C17H12O4. The van der Waals surface area contributed by atoms with E-state index in [0.29, 0.717) is 11.5 Å². The average molecular weight is 280 g/mol. The van der Waals surface area contributed by atoms with E-state index < -0.39 is 5.41 Å². The van der Waals surface area contributed by atoms with Crippen LogP contribution in [0, 0.1) is 0 Å². The first-order valence-electron chi connectivity index (χ1n) is 6.79. The molecule has 4 rings (SSSR count). The van der Waals surface area contributed by atoms with Crippen molar-refractivity contribution in [3.63, 3.8) is 0 Å². The number of benzene rings is 2. The van der Waals surface area contributed by atoms with Gasteiger partial charge in [0.2, 0.25) is 0 Å². The van der Waals surface area contributed by atoms with Crippen molar-refractivity contribution in [1.29, 1.82) is 0 Å². The molecule has 0 aromatic heterocycles. The maximum Gasteiger partial charge on any atom is 0.312 e. The summed E-state index contributed by atoms with van der Waals surface area (Å²) in [4.78, 5) is 24.1. The molecule has 2 heterocycles. The zero-order valence-corrected chi connectivity index (χ0v) is 11.2. The highest BCUT2D eigenvalue weighted by Gasteiger charge is 2.48. The second-order valence-electron chi connectivity index (χ2n) is 5.38. The third-order valence-electron chi connectivity index (χ3n) is 4.15. The van der Waals surface area contributed by atoms with Gasteiger partial charge in [0.25, 0.3) is 0 Å². The molecule has 0 fully saturated rings. The van der Waals surface area contributed by atoms with Gasteiger partial charge in [0.1, 0.15) is 11.5 Å². The summed E-state index contributed by atoms with van der Waals surface area (Å²) in [6.45, 7) is 0. The van der Waals surface area contributed by atoms with E-state index in [4.69, 9.17) is 9.47 Å². The number of hydrogen-bond donors (Lipinski definition) is 0. The third-order valence-corrected chi connectivity index (χ3v) is 4.15. The molecule has 2 aromatic carbocycles. The quantitative estimate of drug-likeness (QED) is 0.550. The molecule has 0 saturated heterocycles. The molecule has 4 nitrogen and oxygen atoms in total. The van der Waals surface area contributed by atoms with Gasteiger partial charge in [0.05, 0.1) is 12.8 Å². The van der Waals surface area contributed by atoms with Crippen LogP contribution in [-0.4, -0.2) is 11.9 Å². The minimum atomic E-state index is -0.683. The molecule has 0 aliphatic carbocycles. The number of carbonyl (C=O) groups excluding carboxylic acids is 2. The molecule has 21 heavy (non-hydrogen) atoms. The lowest BCUT2D eigenvalue weighted by atomic mass is 9.67. The fourth-order valence-electron chi connectivity index (χ4n) is 3.30. The largest absolute Gasteiger partial charge is 0.426 e. The van der Waals surface area contributed by atoms with Gasteiger partial charge in [-0.3, -0.25) is 9.59 Å². The van der Waals surface area contributed by atoms with Crippen LogP contribution in [0.5, 0.6) is 11.5 Å². The molecule has 0 saturated carbocycles. The summed E-state index contributed by atoms with van der Waals surface area (Å²) in [6, 6.07) is 14.8. The molecule has 0 bridgehead atoms. The van der Waals surface area contributed by atoms with Gasteiger partial charge in [0.15, 0.2) is 0 Å². The summed E-state index contributed by atoms with van der Waals surface area (Å²) in [6.07, 6.45) is 0.298. The van der Waals surface area contributed by atoms with E-state index in [-0.39, 0.29) is 24.8 Å². The first-order valence-corrected chi connectivity index (χ1v) is 6.79. The summed E-state index contributed by atoms with van der Waals surface area (Å²) in [5.74, 6) is 0.410. The smallest absolute Gasteiger partial charge is 0.312 e. The van der Waals surface area contributed by atoms with Crippen molar-refractivity contribution in [3.8, 4) is 11.5 Å². The lowest BCUT2D eigenvalue weighted by Gasteiger charge is -2.40. The van der Waals surface area contributed by atoms with Gasteiger partial charge in [-0.05, 0) is 12.1 Å². The van der Waals surface area contributed by atoms with E-state index in [2.05, 4.69) is 0 Å². The van der Waals surface area contributed by atoms with Crippen molar-refractivity contribution in [2.45, 2.75) is 18.3 Å². The SMILES string of the molecule is O=C1CC2(CC(=O)Oc3ccccc32)c2ccccc2O1. The van der Waals surface area contributed by atoms with Crippen molar-refractivity contribution in [2.75, 3.05) is 0 Å². The predicted molar refractivity (Wildman–Crippen MR) is 74.2 cm³/mol. The lowest BCUT2D eigenvalue weighted by Crippen LogP contribution is -2.42. The molecule has 0 atom stereocenters. The molecular weight excluding hydrogens is 268 g/mol. The number of esters is 2. The minimum absolute atomic E-state index is 0.149. The fourth-order valence-corrected chi connectivity index (χ4v) is 3.30. The summed E-state index contributed by atoms with van der Waals surface area (Å²) in [5.41, 5.74) is 1.06. The van der Waals surface area contributed by atoms with Gasteiger partial charge >= 0.3 is 11.9 Å². The van der Waals surface area contributed by atoms with Gasteiger partial charge in [-0.15, -0.1) is 0 Å². The first-order chi connectivity index (χ1) is 10.2. The number of ether oxygens (including phenoxy) is 2. The molecule has 0 radical (unpaired) electrons. The maximum atomic E-state index is 12.0. The number of hydrogen-bond acceptors (Lipinski definition) is 4. The molecule has 0 unspecified atom stereocenters. The monoisotopic (exact) mass is 280 g/mol. The van der Waals surface area contributed by atoms with Crippen LogP contribution in [0.15, 0.2) is 48.5 Å². The first kappa shape index (κ1) is 12.1. The summed E-state index contributed by atoms with van der Waals surface area (Å²) in [5, 5.41) is 0. The van der Waals surface area contributed by atoms with Gasteiger partial charge in [-0.25, -0.2) is 0 Å². The highest BCUT2D eigenvalue weighted by atomic mass is 16.5. The van der Waals surface area contributed by atoms with Crippen LogP contribution >= 0.6 is 0 Å². The molecule has 2 aliphatic heterocycles. The van der Waals surface area contributed by atoms with Gasteiger partial charge < -0.3 is 9.47 Å². The van der Waals surface area contributed by atoms with Crippen molar-refractivity contribution in [1.82, 2.24) is 0 Å². The highest BCUT2D eigenvalue weighted by Crippen LogP contribution is 2.51. The summed E-state index contributed by atoms with van der Waals surface area (Å²) in [7, 11) is 0. The van der Waals surface area contributed by atoms with Gasteiger partial charge in [-0.2, -0.15) is 0 Å². The van der Waals surface area contributed by atoms with Crippen LogP contribution in [0.25, 0.3) is 0 Å². The number of carbonyl (C=O) groups is 2. The van der Waals surface area contributed by atoms with Crippen molar-refractivity contribution in [3.05, 3.63) is 59.7 Å². The predicted octanol–water partition coefficient (Wildman–Crippen LogP) is 2.59. The number of fused-ring (bicyclic) bond motifs is 4. The Morgan fingerprint density at radius 2 is 1.14 bits per heavy atom. The Hall–Kier alpha value is -2.62. The van der Waals surface area contributed by atoms with E-state index in [1.807, 2.05) is 36.4 Å². The lowest BCUT2D eigenvalue weighted by molar-refractivity contribution is -0.140. The van der Waals surface area contributed by atoms with Crippen LogP contribution in [0.3, 0.4) is 0 Å². The second kappa shape index (κ2) is 4.19. The van der Waals surface area contributed by atoms with Crippen molar-refractivity contribution in [2.24, 2.45) is 0 Å². The standard InChI is InChI=1S/C17H12O4/c18-15-9-17(11-5-1-3-7-13(11)20-15)10-16(19)21-14-8-4-2-6-12(14)17/h1-8H,9-10H2. The van der Waals surface area contributed by atoms with E-state index in [1.165, 1.54) is 0 Å². The Balaban J connectivity index is 2.03. The van der Waals surface area contributed by atoms with Crippen LogP contribution in [0.4, 0.5) is 0 Å². The Morgan fingerprint density at radius 1 is 0.714 bits per heavy atom. The number of para-hydroxylation sites is 2. The molecule has 2 aliphatic rings. The third kappa shape index (κ3) is 1.69. The van der Waals surface area contributed by atoms with E-state index in [0.717, 1.165) is 11.1 Å². The Morgan fingerprint density at radius 3 is 1.62 bits per heavy atom. The maximum absolute atomic E-state index is 12.0. The summed E-state index contributed by atoms with van der Waals surface area (Å²) >= 11 is 0. The van der Waals surface area contributed by atoms with Crippen molar-refractivity contribution >= 4 is 11.9 Å². The molecule has 0 amide bonds. The minimum Gasteiger partial charge on any atom is -0.426 e. The molecule has 4 heteroatoms. The zero-order chi connectivity index (χ0) is 14.4. The molecule has 104 valence electrons. The zero-order valence-electron chi connectivity index (χ0n) is 11.2. The Kier molecular flexibility index (Phi) is 2.42. The van der Waals surface area contributed by atoms with Crippen LogP contribution in [0.2, 0.25) is 0 Å². The Labute approximate surface area is 121 Å². The number of rotatable bonds is 0. The van der Waals surface area contributed by atoms with E-state index >= 15 is 0 Å². The van der Waals surface area contributed by atoms with E-state index in [1.54, 1.807) is 12.1 Å². The van der Waals surface area contributed by atoms with Gasteiger partial charge in [-0.1, -0.05) is 36.4 Å². The van der Waals surface area contributed by atoms with Crippen LogP contribution in [-0.2, 0) is 15.0 Å². The van der Waals surface area contributed by atoms with Crippen LogP contribution < -0.4 is 9.47 Å². The topological polar surface area (TPSA) is 52.6 Å². The molecule has 2 aromatic rings. The second-order valence-corrected chi connectivity index (χ2v) is 5.38. The van der Waals surface area contributed by atoms with Crippen molar-refractivity contribution < 1.29 is 19.1 Å².